The van der Waals surface area contributed by atoms with E-state index in [9.17, 15) is 9.90 Å². The summed E-state index contributed by atoms with van der Waals surface area (Å²) in [5.41, 5.74) is 8.47. The largest absolute Gasteiger partial charge is 0.497 e. The van der Waals surface area contributed by atoms with Gasteiger partial charge in [0, 0.05) is 30.4 Å². The number of piperidine rings is 1. The molecule has 0 aliphatic carbocycles. The summed E-state index contributed by atoms with van der Waals surface area (Å²) in [6.45, 7) is 3.11. The van der Waals surface area contributed by atoms with Gasteiger partial charge in [0.2, 0.25) is 0 Å². The summed E-state index contributed by atoms with van der Waals surface area (Å²) < 4.78 is 6.76. The Labute approximate surface area is 209 Å². The number of thioether (sulfide) groups is 1. The number of aryl methyl sites for hydroxylation is 1. The molecule has 1 saturated heterocycles. The number of fused-ring (bicyclic) bond motifs is 1. The van der Waals surface area contributed by atoms with Crippen molar-refractivity contribution in [3.05, 3.63) is 53.0 Å². The van der Waals surface area contributed by atoms with Crippen LogP contribution in [0.3, 0.4) is 0 Å². The van der Waals surface area contributed by atoms with Crippen LogP contribution in [0.4, 0.5) is 0 Å². The fourth-order valence-corrected chi connectivity index (χ4v) is 6.73. The van der Waals surface area contributed by atoms with Gasteiger partial charge in [-0.05, 0) is 86.0 Å². The molecule has 3 heterocycles. The van der Waals surface area contributed by atoms with Gasteiger partial charge in [-0.3, -0.25) is 9.78 Å². The van der Waals surface area contributed by atoms with Crippen molar-refractivity contribution in [2.75, 3.05) is 32.5 Å². The lowest BCUT2D eigenvalue weighted by molar-refractivity contribution is -0.152. The van der Waals surface area contributed by atoms with E-state index in [1.54, 1.807) is 18.4 Å². The third-order valence-electron chi connectivity index (χ3n) is 6.99. The maximum absolute atomic E-state index is 12.3. The van der Waals surface area contributed by atoms with Crippen molar-refractivity contribution < 1.29 is 14.6 Å². The first-order valence-electron chi connectivity index (χ1n) is 11.8. The fraction of sp³-hybridized carbons (Fsp3) is 0.462. The zero-order chi connectivity index (χ0) is 24.0. The Hall–Kier alpha value is -2.13. The average molecular weight is 500 g/mol. The number of hydrogen-bond donors (Lipinski definition) is 2. The number of carboxylic acids is 1. The van der Waals surface area contributed by atoms with E-state index in [1.807, 2.05) is 36.2 Å². The van der Waals surface area contributed by atoms with Crippen LogP contribution in [0.15, 0.2) is 46.1 Å². The Balaban J connectivity index is 1.37. The number of pyridine rings is 1. The lowest BCUT2D eigenvalue weighted by Crippen LogP contribution is -2.45. The molecule has 1 aliphatic heterocycles. The Morgan fingerprint density at radius 2 is 2.15 bits per heavy atom. The normalized spacial score (nSPS) is 16.1. The van der Waals surface area contributed by atoms with Crippen molar-refractivity contribution in [3.8, 4) is 5.75 Å². The number of methoxy groups -OCH3 is 1. The van der Waals surface area contributed by atoms with Crippen LogP contribution in [0.2, 0.25) is 0 Å². The lowest BCUT2D eigenvalue weighted by Gasteiger charge is -2.39. The van der Waals surface area contributed by atoms with Gasteiger partial charge in [0.1, 0.15) is 5.75 Å². The molecule has 0 unspecified atom stereocenters. The number of nitrogens with zero attached hydrogens (tertiary/aromatic N) is 2. The van der Waals surface area contributed by atoms with Gasteiger partial charge in [-0.15, -0.1) is 23.1 Å². The molecule has 0 amide bonds. The molecule has 34 heavy (non-hydrogen) atoms. The summed E-state index contributed by atoms with van der Waals surface area (Å²) in [5.74, 6) is 1.18. The summed E-state index contributed by atoms with van der Waals surface area (Å²) in [6.07, 6.45) is 5.54. The van der Waals surface area contributed by atoms with Crippen LogP contribution >= 0.6 is 23.1 Å². The molecule has 4 rings (SSSR count). The van der Waals surface area contributed by atoms with Crippen LogP contribution in [-0.2, 0) is 17.8 Å². The molecule has 1 fully saturated rings. The van der Waals surface area contributed by atoms with E-state index in [2.05, 4.69) is 27.4 Å². The maximum atomic E-state index is 12.3. The molecule has 1 aromatic carbocycles. The highest BCUT2D eigenvalue weighted by atomic mass is 32.2. The number of likely N-dealkylation sites (tertiary alicyclic amines) is 1. The first-order chi connectivity index (χ1) is 16.5. The third kappa shape index (κ3) is 5.74. The zero-order valence-corrected chi connectivity index (χ0v) is 21.3. The second-order valence-electron chi connectivity index (χ2n) is 8.91. The quantitative estimate of drug-likeness (QED) is 0.357. The number of benzene rings is 1. The first kappa shape index (κ1) is 25.0. The van der Waals surface area contributed by atoms with Crippen LogP contribution in [0.25, 0.3) is 10.9 Å². The fourth-order valence-electron chi connectivity index (χ4n) is 4.87. The standard InChI is InChI=1S/C26H33N3O3S2/c1-32-20-6-7-23-22(16-20)21(19(17-27)18-28-23)4-2-8-26(25(30)31)9-11-29(12-10-26)13-15-34-24-5-3-14-33-24/h3,5-7,14,16,18H,2,4,8-13,15,17,27H2,1H3,(H,30,31). The minimum absolute atomic E-state index is 0.415. The van der Waals surface area contributed by atoms with E-state index in [1.165, 1.54) is 4.21 Å². The van der Waals surface area contributed by atoms with Crippen molar-refractivity contribution in [1.29, 1.82) is 0 Å². The van der Waals surface area contributed by atoms with Crippen molar-refractivity contribution in [1.82, 2.24) is 9.88 Å². The van der Waals surface area contributed by atoms with E-state index in [4.69, 9.17) is 10.5 Å². The number of carbonyl (C=O) groups is 1. The topological polar surface area (TPSA) is 88.7 Å². The average Bonchev–Trinajstić information content (AvgIpc) is 3.38. The molecule has 1 aliphatic rings. The highest BCUT2D eigenvalue weighted by Gasteiger charge is 2.40. The zero-order valence-electron chi connectivity index (χ0n) is 19.7. The molecular formula is C26H33N3O3S2. The summed E-state index contributed by atoms with van der Waals surface area (Å²) >= 11 is 3.66. The van der Waals surface area contributed by atoms with Crippen LogP contribution in [-0.4, -0.2) is 53.5 Å². The Morgan fingerprint density at radius 1 is 1.32 bits per heavy atom. The number of hydrogen-bond acceptors (Lipinski definition) is 7. The summed E-state index contributed by atoms with van der Waals surface area (Å²) in [7, 11) is 1.66. The van der Waals surface area contributed by atoms with Gasteiger partial charge in [0.15, 0.2) is 0 Å². The second-order valence-corrected chi connectivity index (χ2v) is 11.3. The molecule has 0 bridgehead atoms. The number of carboxylic acid groups (broad SMARTS) is 1. The van der Waals surface area contributed by atoms with Gasteiger partial charge in [0.25, 0.3) is 0 Å². The van der Waals surface area contributed by atoms with Crippen molar-refractivity contribution in [2.45, 2.75) is 42.9 Å². The predicted octanol–water partition coefficient (Wildman–Crippen LogP) is 5.05. The van der Waals surface area contributed by atoms with Crippen LogP contribution in [0.5, 0.6) is 5.75 Å². The van der Waals surface area contributed by atoms with E-state index in [0.29, 0.717) is 25.8 Å². The van der Waals surface area contributed by atoms with Gasteiger partial charge in [0.05, 0.1) is 22.3 Å². The number of rotatable bonds is 11. The number of aromatic nitrogens is 1. The molecule has 2 aromatic heterocycles. The minimum atomic E-state index is -0.652. The van der Waals surface area contributed by atoms with Gasteiger partial charge in [-0.2, -0.15) is 0 Å². The van der Waals surface area contributed by atoms with Crippen LogP contribution in [0.1, 0.15) is 36.8 Å². The molecule has 0 saturated carbocycles. The SMILES string of the molecule is COc1ccc2ncc(CN)c(CCCC3(C(=O)O)CCN(CCSc4cccs4)CC3)c2c1. The number of ether oxygens (including phenoxy) is 1. The monoisotopic (exact) mass is 499 g/mol. The number of nitrogens with two attached hydrogens (primary N) is 1. The Bertz CT molecular complexity index is 1090. The Morgan fingerprint density at radius 3 is 2.82 bits per heavy atom. The summed E-state index contributed by atoms with van der Waals surface area (Å²) in [5, 5.41) is 13.3. The molecule has 8 heteroatoms. The van der Waals surface area contributed by atoms with Crippen LogP contribution < -0.4 is 10.5 Å². The van der Waals surface area contributed by atoms with Gasteiger partial charge in [-0.25, -0.2) is 0 Å². The summed E-state index contributed by atoms with van der Waals surface area (Å²) in [6, 6.07) is 10.1. The molecule has 0 spiro atoms. The van der Waals surface area contributed by atoms with Gasteiger partial charge < -0.3 is 20.5 Å². The smallest absolute Gasteiger partial charge is 0.309 e. The Kier molecular flexibility index (Phi) is 8.47. The second kappa shape index (κ2) is 11.5. The summed E-state index contributed by atoms with van der Waals surface area (Å²) in [4.78, 5) is 19.3. The first-order valence-corrected chi connectivity index (χ1v) is 13.7. The molecule has 6 nitrogen and oxygen atoms in total. The third-order valence-corrected chi connectivity index (χ3v) is 9.10. The van der Waals surface area contributed by atoms with Gasteiger partial charge in [-0.1, -0.05) is 6.07 Å². The van der Waals surface area contributed by atoms with E-state index >= 15 is 0 Å². The van der Waals surface area contributed by atoms with Crippen LogP contribution in [0, 0.1) is 5.41 Å². The molecule has 0 atom stereocenters. The van der Waals surface area contributed by atoms with Crippen molar-refractivity contribution >= 4 is 40.0 Å². The molecule has 3 aromatic rings. The molecular weight excluding hydrogens is 466 g/mol. The molecule has 0 radical (unpaired) electrons. The van der Waals surface area contributed by atoms with E-state index < -0.39 is 11.4 Å². The minimum Gasteiger partial charge on any atom is -0.497 e. The maximum Gasteiger partial charge on any atom is 0.309 e. The van der Waals surface area contributed by atoms with Gasteiger partial charge >= 0.3 is 5.97 Å². The number of aliphatic carboxylic acids is 1. The van der Waals surface area contributed by atoms with Crippen molar-refractivity contribution in [3.63, 3.8) is 0 Å². The van der Waals surface area contributed by atoms with E-state index in [0.717, 1.165) is 66.0 Å². The van der Waals surface area contributed by atoms with Crippen molar-refractivity contribution in [2.24, 2.45) is 11.1 Å². The van der Waals surface area contributed by atoms with E-state index in [-0.39, 0.29) is 0 Å². The molecule has 182 valence electrons. The number of thiophene rings is 1. The highest BCUT2D eigenvalue weighted by molar-refractivity contribution is 8.01. The predicted molar refractivity (Wildman–Crippen MR) is 140 cm³/mol. The highest BCUT2D eigenvalue weighted by Crippen LogP contribution is 2.38. The molecule has 3 N–H and O–H groups in total. The lowest BCUT2D eigenvalue weighted by atomic mass is 9.74.